The van der Waals surface area contributed by atoms with Gasteiger partial charge in [-0.2, -0.15) is 0 Å². The lowest BCUT2D eigenvalue weighted by Crippen LogP contribution is -2.55. The summed E-state index contributed by atoms with van der Waals surface area (Å²) in [6.07, 6.45) is 4.50. The highest BCUT2D eigenvalue weighted by molar-refractivity contribution is 7.96. The van der Waals surface area contributed by atoms with E-state index in [1.54, 1.807) is 0 Å². The van der Waals surface area contributed by atoms with Crippen molar-refractivity contribution in [2.24, 2.45) is 0 Å². The summed E-state index contributed by atoms with van der Waals surface area (Å²) in [6.45, 7) is 6.39. The molecule has 2 fully saturated rings. The van der Waals surface area contributed by atoms with Crippen LogP contribution in [0.5, 0.6) is 0 Å². The smallest absolute Gasteiger partial charge is 0.0834 e. The van der Waals surface area contributed by atoms with Gasteiger partial charge in [0.1, 0.15) is 0 Å². The van der Waals surface area contributed by atoms with Crippen LogP contribution in [-0.2, 0) is 11.3 Å². The van der Waals surface area contributed by atoms with Crippen molar-refractivity contribution >= 4 is 11.9 Å². The third kappa shape index (κ3) is 3.37. The third-order valence-corrected chi connectivity index (χ3v) is 5.35. The van der Waals surface area contributed by atoms with Gasteiger partial charge in [0.2, 0.25) is 0 Å². The van der Waals surface area contributed by atoms with Gasteiger partial charge in [-0.3, -0.25) is 9.21 Å². The van der Waals surface area contributed by atoms with Gasteiger partial charge in [0.15, 0.2) is 0 Å². The monoisotopic (exact) mass is 292 g/mol. The number of rotatable bonds is 3. The number of morpholine rings is 1. The van der Waals surface area contributed by atoms with Crippen LogP contribution >= 0.6 is 11.9 Å². The molecule has 3 rings (SSSR count). The minimum absolute atomic E-state index is 0.110. The Morgan fingerprint density at radius 1 is 1.15 bits per heavy atom. The number of hydrogen-bond donors (Lipinski definition) is 0. The summed E-state index contributed by atoms with van der Waals surface area (Å²) in [5, 5.41) is 0. The molecular formula is C16H24N2OS. The van der Waals surface area contributed by atoms with Crippen LogP contribution in [0.25, 0.3) is 0 Å². The number of piperidine rings is 1. The van der Waals surface area contributed by atoms with Gasteiger partial charge < -0.3 is 4.74 Å². The molecule has 2 heterocycles. The molecule has 110 valence electrons. The molecule has 1 aromatic rings. The first-order valence-corrected chi connectivity index (χ1v) is 8.67. The van der Waals surface area contributed by atoms with E-state index in [-0.39, 0.29) is 5.60 Å². The van der Waals surface area contributed by atoms with E-state index in [4.69, 9.17) is 4.74 Å². The second kappa shape index (κ2) is 6.48. The zero-order valence-electron chi connectivity index (χ0n) is 12.3. The van der Waals surface area contributed by atoms with Crippen LogP contribution < -0.4 is 0 Å². The van der Waals surface area contributed by atoms with Crippen molar-refractivity contribution in [1.29, 1.82) is 0 Å². The topological polar surface area (TPSA) is 15.7 Å². The van der Waals surface area contributed by atoms with Crippen LogP contribution in [0.3, 0.4) is 0 Å². The third-order valence-electron chi connectivity index (χ3n) is 4.47. The zero-order valence-corrected chi connectivity index (χ0v) is 13.1. The Balaban J connectivity index is 1.59. The molecule has 1 spiro atoms. The Morgan fingerprint density at radius 2 is 1.90 bits per heavy atom. The molecule has 0 aliphatic carbocycles. The van der Waals surface area contributed by atoms with E-state index in [1.807, 2.05) is 11.9 Å². The predicted molar refractivity (Wildman–Crippen MR) is 84.7 cm³/mol. The molecule has 0 bridgehead atoms. The first kappa shape index (κ1) is 14.4. The number of hydrogen-bond acceptors (Lipinski definition) is 4. The average molecular weight is 292 g/mol. The molecular weight excluding hydrogens is 268 g/mol. The summed E-state index contributed by atoms with van der Waals surface area (Å²) in [5.41, 5.74) is 1.52. The molecule has 2 saturated heterocycles. The van der Waals surface area contributed by atoms with Crippen LogP contribution in [0, 0.1) is 0 Å². The molecule has 0 N–H and O–H groups in total. The van der Waals surface area contributed by atoms with E-state index in [1.165, 1.54) is 18.4 Å². The molecule has 0 radical (unpaired) electrons. The minimum Gasteiger partial charge on any atom is -0.372 e. The van der Waals surface area contributed by atoms with Gasteiger partial charge >= 0.3 is 0 Å². The van der Waals surface area contributed by atoms with Crippen molar-refractivity contribution in [3.8, 4) is 0 Å². The highest BCUT2D eigenvalue weighted by atomic mass is 32.2. The minimum atomic E-state index is 0.110. The first-order valence-electron chi connectivity index (χ1n) is 7.49. The second-order valence-electron chi connectivity index (χ2n) is 5.84. The van der Waals surface area contributed by atoms with Gasteiger partial charge in [-0.1, -0.05) is 42.3 Å². The summed E-state index contributed by atoms with van der Waals surface area (Å²) in [7, 11) is 0. The van der Waals surface area contributed by atoms with Crippen LogP contribution in [-0.4, -0.2) is 53.8 Å². The van der Waals surface area contributed by atoms with Gasteiger partial charge in [0.25, 0.3) is 0 Å². The maximum atomic E-state index is 6.19. The molecule has 2 aliphatic heterocycles. The largest absolute Gasteiger partial charge is 0.372 e. The van der Waals surface area contributed by atoms with Gasteiger partial charge in [0.05, 0.1) is 12.2 Å². The summed E-state index contributed by atoms with van der Waals surface area (Å²) in [5.74, 6) is 0. The molecule has 0 atom stereocenters. The van der Waals surface area contributed by atoms with E-state index >= 15 is 0 Å². The van der Waals surface area contributed by atoms with E-state index < -0.39 is 0 Å². The van der Waals surface area contributed by atoms with E-state index in [9.17, 15) is 0 Å². The lowest BCUT2D eigenvalue weighted by molar-refractivity contribution is -0.131. The zero-order chi connectivity index (χ0) is 13.8. The predicted octanol–water partition coefficient (Wildman–Crippen LogP) is 2.63. The molecule has 3 nitrogen and oxygen atoms in total. The lowest BCUT2D eigenvalue weighted by Gasteiger charge is -2.47. The van der Waals surface area contributed by atoms with Crippen LogP contribution in [0.1, 0.15) is 18.4 Å². The van der Waals surface area contributed by atoms with E-state index in [0.717, 1.165) is 39.3 Å². The Kier molecular flexibility index (Phi) is 4.66. The normalized spacial score (nSPS) is 24.1. The second-order valence-corrected chi connectivity index (χ2v) is 6.72. The van der Waals surface area contributed by atoms with Crippen molar-refractivity contribution in [2.45, 2.75) is 25.0 Å². The molecule has 0 saturated carbocycles. The fourth-order valence-corrected chi connectivity index (χ4v) is 3.83. The Hall–Kier alpha value is -0.550. The van der Waals surface area contributed by atoms with Crippen LogP contribution in [0.15, 0.2) is 30.3 Å². The number of ether oxygens (including phenoxy) is 1. The molecule has 2 aliphatic rings. The van der Waals surface area contributed by atoms with Crippen molar-refractivity contribution in [3.05, 3.63) is 35.9 Å². The van der Waals surface area contributed by atoms with Gasteiger partial charge in [-0.25, -0.2) is 0 Å². The summed E-state index contributed by atoms with van der Waals surface area (Å²) < 4.78 is 8.64. The Morgan fingerprint density at radius 3 is 2.60 bits per heavy atom. The van der Waals surface area contributed by atoms with Crippen molar-refractivity contribution in [2.75, 3.05) is 39.0 Å². The standard InChI is InChI=1S/C16H24N2OS/c1-20-18-9-7-16(8-10-18)14-17(11-12-19-16)13-15-5-3-2-4-6-15/h2-6H,7-14H2,1H3. The fourth-order valence-electron chi connectivity index (χ4n) is 3.28. The molecule has 0 aromatic heterocycles. The lowest BCUT2D eigenvalue weighted by atomic mass is 9.90. The van der Waals surface area contributed by atoms with Crippen molar-refractivity contribution < 1.29 is 4.74 Å². The highest BCUT2D eigenvalue weighted by Gasteiger charge is 2.39. The molecule has 1 aromatic carbocycles. The maximum Gasteiger partial charge on any atom is 0.0834 e. The Bertz CT molecular complexity index is 418. The van der Waals surface area contributed by atoms with Crippen LogP contribution in [0.4, 0.5) is 0 Å². The quantitative estimate of drug-likeness (QED) is 0.796. The highest BCUT2D eigenvalue weighted by Crippen LogP contribution is 2.32. The summed E-state index contributed by atoms with van der Waals surface area (Å²) in [4.78, 5) is 2.56. The number of nitrogens with zero attached hydrogens (tertiary/aromatic N) is 2. The average Bonchev–Trinajstić information content (AvgIpc) is 2.49. The van der Waals surface area contributed by atoms with Crippen molar-refractivity contribution in [3.63, 3.8) is 0 Å². The van der Waals surface area contributed by atoms with Gasteiger partial charge in [-0.15, -0.1) is 0 Å². The van der Waals surface area contributed by atoms with E-state index in [2.05, 4.69) is 45.8 Å². The van der Waals surface area contributed by atoms with Crippen LogP contribution in [0.2, 0.25) is 0 Å². The van der Waals surface area contributed by atoms with Gasteiger partial charge in [0, 0.05) is 32.7 Å². The fraction of sp³-hybridized carbons (Fsp3) is 0.625. The van der Waals surface area contributed by atoms with Crippen molar-refractivity contribution in [1.82, 2.24) is 9.21 Å². The van der Waals surface area contributed by atoms with Gasteiger partial charge in [-0.05, 0) is 24.7 Å². The first-order chi connectivity index (χ1) is 9.80. The Labute approximate surface area is 126 Å². The van der Waals surface area contributed by atoms with E-state index in [0.29, 0.717) is 0 Å². The summed E-state index contributed by atoms with van der Waals surface area (Å²) >= 11 is 1.86. The number of benzene rings is 1. The molecule has 0 unspecified atom stereocenters. The summed E-state index contributed by atoms with van der Waals surface area (Å²) in [6, 6.07) is 10.8. The molecule has 20 heavy (non-hydrogen) atoms. The molecule has 4 heteroatoms. The maximum absolute atomic E-state index is 6.19. The SMILES string of the molecule is CSN1CCC2(CC1)CN(Cc1ccccc1)CCO2. The molecule has 0 amide bonds.